The maximum absolute atomic E-state index is 12.6. The van der Waals surface area contributed by atoms with Crippen LogP contribution in [0.3, 0.4) is 0 Å². The summed E-state index contributed by atoms with van der Waals surface area (Å²) in [6, 6.07) is 17.4. The third-order valence-electron chi connectivity index (χ3n) is 3.59. The van der Waals surface area contributed by atoms with Crippen LogP contribution < -0.4 is 10.0 Å². The Hall–Kier alpha value is -2.70. The summed E-state index contributed by atoms with van der Waals surface area (Å²) in [5, 5.41) is 11.5. The van der Waals surface area contributed by atoms with E-state index >= 15 is 0 Å². The Morgan fingerprint density at radius 3 is 1.50 bits per heavy atom. The van der Waals surface area contributed by atoms with Crippen LogP contribution in [0.1, 0.15) is 6.92 Å². The molecule has 1 heterocycles. The molecule has 1 saturated heterocycles. The molecule has 0 saturated carbocycles. The Morgan fingerprint density at radius 2 is 1.18 bits per heavy atom. The quantitative estimate of drug-likeness (QED) is 0.536. The largest absolute Gasteiger partial charge is 0.291 e. The van der Waals surface area contributed by atoms with Gasteiger partial charge in [0.25, 0.3) is 17.4 Å². The molecule has 1 aliphatic rings. The Kier molecular flexibility index (Phi) is 3.40. The number of rotatable bonds is 3. The number of carbonyl (C=O) groups is 2. The topological polar surface area (TPSA) is 70.1 Å². The number of carbonyl (C=O) groups excluding carboxylic acids is 2. The lowest BCUT2D eigenvalue weighted by Gasteiger charge is -2.27. The monoisotopic (exact) mass is 298 g/mol. The van der Waals surface area contributed by atoms with Gasteiger partial charge >= 0.3 is 0 Å². The number of benzene rings is 2. The summed E-state index contributed by atoms with van der Waals surface area (Å²) in [5.74, 6) is -1.31. The summed E-state index contributed by atoms with van der Waals surface area (Å²) in [5.41, 5.74) is -0.956. The molecule has 1 fully saturated rings. The van der Waals surface area contributed by atoms with Gasteiger partial charge < -0.3 is 0 Å². The average molecular weight is 298 g/mol. The molecule has 2 aromatic rings. The summed E-state index contributed by atoms with van der Waals surface area (Å²) in [6.07, 6.45) is 0. The maximum atomic E-state index is 12.6. The van der Waals surface area contributed by atoms with Crippen LogP contribution in [0.5, 0.6) is 0 Å². The van der Waals surface area contributed by atoms with E-state index in [-0.39, 0.29) is 0 Å². The molecule has 0 bridgehead atoms. The standard InChI is InChI=1S/C16H14N2O4/c1-16(22-21)14(19)17(12-8-4-2-5-9-12)18(15(16)20)13-10-6-3-7-11-13/h2-11,21H,1H3. The van der Waals surface area contributed by atoms with E-state index in [0.29, 0.717) is 11.4 Å². The van der Waals surface area contributed by atoms with Crippen molar-refractivity contribution >= 4 is 23.2 Å². The molecule has 0 radical (unpaired) electrons. The van der Waals surface area contributed by atoms with Crippen LogP contribution in [0, 0.1) is 0 Å². The van der Waals surface area contributed by atoms with Gasteiger partial charge in [-0.15, -0.1) is 0 Å². The molecular weight excluding hydrogens is 284 g/mol. The highest BCUT2D eigenvalue weighted by Gasteiger charge is 2.58. The molecule has 0 spiro atoms. The van der Waals surface area contributed by atoms with Crippen LogP contribution in [0.4, 0.5) is 11.4 Å². The van der Waals surface area contributed by atoms with Gasteiger partial charge in [-0.25, -0.2) is 14.9 Å². The molecule has 2 aromatic carbocycles. The molecule has 2 amide bonds. The highest BCUT2D eigenvalue weighted by atomic mass is 17.1. The van der Waals surface area contributed by atoms with E-state index in [1.54, 1.807) is 60.7 Å². The Morgan fingerprint density at radius 1 is 0.818 bits per heavy atom. The number of para-hydroxylation sites is 2. The van der Waals surface area contributed by atoms with Crippen LogP contribution in [-0.4, -0.2) is 22.7 Å². The maximum Gasteiger partial charge on any atom is 0.291 e. The Bertz CT molecular complexity index is 645. The lowest BCUT2D eigenvalue weighted by atomic mass is 10.1. The van der Waals surface area contributed by atoms with E-state index in [2.05, 4.69) is 4.89 Å². The first-order valence-corrected chi connectivity index (χ1v) is 6.71. The molecule has 3 rings (SSSR count). The van der Waals surface area contributed by atoms with Gasteiger partial charge in [-0.1, -0.05) is 36.4 Å². The van der Waals surface area contributed by atoms with Gasteiger partial charge in [0.2, 0.25) is 0 Å². The zero-order chi connectivity index (χ0) is 15.7. The van der Waals surface area contributed by atoms with Crippen molar-refractivity contribution in [1.29, 1.82) is 0 Å². The molecule has 1 N–H and O–H groups in total. The Balaban J connectivity index is 2.16. The summed E-state index contributed by atoms with van der Waals surface area (Å²) < 4.78 is 0. The molecule has 6 nitrogen and oxygen atoms in total. The fraction of sp³-hybridized carbons (Fsp3) is 0.125. The van der Waals surface area contributed by atoms with Gasteiger partial charge in [0.1, 0.15) is 0 Å². The number of anilines is 2. The van der Waals surface area contributed by atoms with Gasteiger partial charge in [-0.05, 0) is 31.2 Å². The van der Waals surface area contributed by atoms with Gasteiger partial charge in [0.15, 0.2) is 0 Å². The number of hydrazine groups is 1. The van der Waals surface area contributed by atoms with Gasteiger partial charge in [-0.3, -0.25) is 14.8 Å². The van der Waals surface area contributed by atoms with E-state index in [0.717, 1.165) is 0 Å². The third-order valence-corrected chi connectivity index (χ3v) is 3.59. The zero-order valence-corrected chi connectivity index (χ0v) is 11.8. The number of nitrogens with zero attached hydrogens (tertiary/aromatic N) is 2. The molecule has 112 valence electrons. The minimum atomic E-state index is -1.97. The first kappa shape index (κ1) is 14.2. The summed E-state index contributed by atoms with van der Waals surface area (Å²) in [4.78, 5) is 29.5. The van der Waals surface area contributed by atoms with Crippen LogP contribution in [0.15, 0.2) is 60.7 Å². The predicted molar refractivity (Wildman–Crippen MR) is 80.0 cm³/mol. The van der Waals surface area contributed by atoms with E-state index in [1.165, 1.54) is 16.9 Å². The van der Waals surface area contributed by atoms with Crippen molar-refractivity contribution < 1.29 is 19.7 Å². The second-order valence-corrected chi connectivity index (χ2v) is 5.03. The van der Waals surface area contributed by atoms with E-state index in [1.807, 2.05) is 0 Å². The van der Waals surface area contributed by atoms with Crippen molar-refractivity contribution in [2.24, 2.45) is 0 Å². The molecule has 0 unspecified atom stereocenters. The van der Waals surface area contributed by atoms with Crippen LogP contribution in [0.2, 0.25) is 0 Å². The molecule has 0 aromatic heterocycles. The van der Waals surface area contributed by atoms with Gasteiger partial charge in [0, 0.05) is 0 Å². The normalized spacial score (nSPS) is 17.2. The van der Waals surface area contributed by atoms with Crippen molar-refractivity contribution in [2.75, 3.05) is 10.0 Å². The molecule has 22 heavy (non-hydrogen) atoms. The van der Waals surface area contributed by atoms with E-state index < -0.39 is 17.4 Å². The molecule has 0 atom stereocenters. The lowest BCUT2D eigenvalue weighted by molar-refractivity contribution is -0.293. The van der Waals surface area contributed by atoms with Crippen molar-refractivity contribution in [3.63, 3.8) is 0 Å². The fourth-order valence-electron chi connectivity index (χ4n) is 2.36. The van der Waals surface area contributed by atoms with Crippen molar-refractivity contribution in [2.45, 2.75) is 12.5 Å². The minimum absolute atomic E-state index is 0.505. The van der Waals surface area contributed by atoms with Gasteiger partial charge in [0.05, 0.1) is 11.4 Å². The Labute approximate surface area is 127 Å². The van der Waals surface area contributed by atoms with Crippen molar-refractivity contribution in [1.82, 2.24) is 0 Å². The van der Waals surface area contributed by atoms with Crippen LogP contribution in [-0.2, 0) is 14.5 Å². The lowest BCUT2D eigenvalue weighted by Crippen LogP contribution is -2.42. The molecular formula is C16H14N2O4. The molecule has 6 heteroatoms. The number of hydrogen-bond acceptors (Lipinski definition) is 4. The smallest absolute Gasteiger partial charge is 0.268 e. The number of amides is 2. The van der Waals surface area contributed by atoms with E-state index in [4.69, 9.17) is 5.26 Å². The second kappa shape index (κ2) is 5.25. The third kappa shape index (κ3) is 1.97. The van der Waals surface area contributed by atoms with Crippen LogP contribution >= 0.6 is 0 Å². The summed E-state index contributed by atoms with van der Waals surface area (Å²) >= 11 is 0. The highest BCUT2D eigenvalue weighted by Crippen LogP contribution is 2.34. The zero-order valence-electron chi connectivity index (χ0n) is 11.8. The molecule has 1 aliphatic heterocycles. The fourth-order valence-corrected chi connectivity index (χ4v) is 2.36. The molecule has 0 aliphatic carbocycles. The number of hydrogen-bond donors (Lipinski definition) is 1. The first-order valence-electron chi connectivity index (χ1n) is 6.71. The van der Waals surface area contributed by atoms with Crippen molar-refractivity contribution in [3.05, 3.63) is 60.7 Å². The minimum Gasteiger partial charge on any atom is -0.268 e. The second-order valence-electron chi connectivity index (χ2n) is 5.03. The summed E-state index contributed by atoms with van der Waals surface area (Å²) in [6.45, 7) is 1.25. The van der Waals surface area contributed by atoms with Crippen LogP contribution in [0.25, 0.3) is 0 Å². The van der Waals surface area contributed by atoms with Crippen molar-refractivity contribution in [3.8, 4) is 0 Å². The predicted octanol–water partition coefficient (Wildman–Crippen LogP) is 2.23. The summed E-state index contributed by atoms with van der Waals surface area (Å²) in [7, 11) is 0. The average Bonchev–Trinajstić information content (AvgIpc) is 2.78. The van der Waals surface area contributed by atoms with Gasteiger partial charge in [-0.2, -0.15) is 0 Å². The highest BCUT2D eigenvalue weighted by molar-refractivity contribution is 6.28. The van der Waals surface area contributed by atoms with E-state index in [9.17, 15) is 9.59 Å². The first-order chi connectivity index (χ1) is 10.6. The SMILES string of the molecule is CC1(OO)C(=O)N(c2ccccc2)N(c2ccccc2)C1=O.